The lowest BCUT2D eigenvalue weighted by Crippen LogP contribution is -2.29. The normalized spacial score (nSPS) is 12.0. The van der Waals surface area contributed by atoms with E-state index in [0.717, 1.165) is 5.56 Å². The second-order valence-electron chi connectivity index (χ2n) is 5.39. The summed E-state index contributed by atoms with van der Waals surface area (Å²) in [6.07, 6.45) is 0.795. The zero-order valence-corrected chi connectivity index (χ0v) is 12.9. The number of ketones is 1. The van der Waals surface area contributed by atoms with Gasteiger partial charge in [-0.25, -0.2) is 4.39 Å². The molecule has 1 heterocycles. The van der Waals surface area contributed by atoms with E-state index in [2.05, 4.69) is 5.32 Å². The van der Waals surface area contributed by atoms with Crippen molar-refractivity contribution in [2.75, 3.05) is 13.3 Å². The number of ether oxygens (including phenoxy) is 2. The lowest BCUT2D eigenvalue weighted by Gasteiger charge is -2.06. The highest BCUT2D eigenvalue weighted by molar-refractivity contribution is 5.99. The molecule has 6 heteroatoms. The monoisotopic (exact) mass is 329 g/mol. The Labute approximate surface area is 138 Å². The molecule has 0 saturated carbocycles. The molecule has 0 aliphatic carbocycles. The van der Waals surface area contributed by atoms with Crippen LogP contribution in [0.15, 0.2) is 42.5 Å². The molecule has 0 atom stereocenters. The molecule has 1 amide bonds. The second kappa shape index (κ2) is 7.12. The predicted octanol–water partition coefficient (Wildman–Crippen LogP) is 2.49. The molecule has 24 heavy (non-hydrogen) atoms. The number of nitrogens with one attached hydrogen (secondary N) is 1. The van der Waals surface area contributed by atoms with Crippen LogP contribution < -0.4 is 14.8 Å². The van der Waals surface area contributed by atoms with Crippen molar-refractivity contribution in [3.05, 3.63) is 59.4 Å². The van der Waals surface area contributed by atoms with E-state index < -0.39 is 5.82 Å². The van der Waals surface area contributed by atoms with E-state index in [0.29, 0.717) is 23.5 Å². The van der Waals surface area contributed by atoms with Gasteiger partial charge >= 0.3 is 0 Å². The number of fused-ring (bicyclic) bond motifs is 1. The molecule has 0 fully saturated rings. The molecule has 0 saturated heterocycles. The molecule has 0 unspecified atom stereocenters. The third kappa shape index (κ3) is 3.90. The van der Waals surface area contributed by atoms with E-state index in [-0.39, 0.29) is 31.4 Å². The molecule has 0 radical (unpaired) electrons. The van der Waals surface area contributed by atoms with Gasteiger partial charge in [-0.3, -0.25) is 9.59 Å². The maximum Gasteiger partial charge on any atom is 0.231 e. The van der Waals surface area contributed by atoms with E-state index in [1.54, 1.807) is 0 Å². The van der Waals surface area contributed by atoms with Gasteiger partial charge in [0.15, 0.2) is 17.3 Å². The molecule has 3 rings (SSSR count). The van der Waals surface area contributed by atoms with Crippen molar-refractivity contribution in [1.29, 1.82) is 0 Å². The van der Waals surface area contributed by atoms with Crippen molar-refractivity contribution in [3.63, 3.8) is 0 Å². The minimum absolute atomic E-state index is 0.106. The van der Waals surface area contributed by atoms with Crippen molar-refractivity contribution in [2.45, 2.75) is 12.8 Å². The summed E-state index contributed by atoms with van der Waals surface area (Å²) in [4.78, 5) is 23.8. The number of Topliss-reactive ketones (excluding diaryl/α,β-unsaturated/α-hetero) is 1. The van der Waals surface area contributed by atoms with E-state index in [1.165, 1.54) is 24.3 Å². The molecule has 1 aliphatic rings. The highest BCUT2D eigenvalue weighted by Crippen LogP contribution is 2.32. The fourth-order valence-corrected chi connectivity index (χ4v) is 2.36. The van der Waals surface area contributed by atoms with Crippen LogP contribution in [0.25, 0.3) is 0 Å². The summed E-state index contributed by atoms with van der Waals surface area (Å²) in [6.45, 7) is 0.108. The van der Waals surface area contributed by atoms with Crippen LogP contribution in [0.4, 0.5) is 4.39 Å². The summed E-state index contributed by atoms with van der Waals surface area (Å²) in [6, 6.07) is 10.8. The SMILES string of the molecule is O=C(CCc1ccc2c(c1)OCO2)NCC(=O)c1ccc(F)cc1. The first-order valence-corrected chi connectivity index (χ1v) is 7.56. The van der Waals surface area contributed by atoms with Gasteiger partial charge in [-0.15, -0.1) is 0 Å². The zero-order valence-electron chi connectivity index (χ0n) is 12.9. The summed E-state index contributed by atoms with van der Waals surface area (Å²) in [5, 5.41) is 2.58. The van der Waals surface area contributed by atoms with E-state index in [1.807, 2.05) is 18.2 Å². The van der Waals surface area contributed by atoms with Crippen molar-refractivity contribution >= 4 is 11.7 Å². The van der Waals surface area contributed by atoms with Gasteiger partial charge in [-0.05, 0) is 48.4 Å². The van der Waals surface area contributed by atoms with Gasteiger partial charge in [0.2, 0.25) is 12.7 Å². The highest BCUT2D eigenvalue weighted by atomic mass is 19.1. The van der Waals surface area contributed by atoms with Crippen molar-refractivity contribution in [2.24, 2.45) is 0 Å². The minimum atomic E-state index is -0.403. The van der Waals surface area contributed by atoms with Gasteiger partial charge in [0.25, 0.3) is 0 Å². The van der Waals surface area contributed by atoms with Crippen molar-refractivity contribution < 1.29 is 23.5 Å². The Morgan fingerprint density at radius 3 is 2.58 bits per heavy atom. The molecule has 124 valence electrons. The highest BCUT2D eigenvalue weighted by Gasteiger charge is 2.14. The predicted molar refractivity (Wildman–Crippen MR) is 84.6 cm³/mol. The standard InChI is InChI=1S/C18H16FNO4/c19-14-5-3-13(4-6-14)15(21)10-20-18(22)8-2-12-1-7-16-17(9-12)24-11-23-16/h1,3-7,9H,2,8,10-11H2,(H,20,22). The minimum Gasteiger partial charge on any atom is -0.454 e. The number of carbonyl (C=O) groups is 2. The maximum atomic E-state index is 12.8. The summed E-state index contributed by atoms with van der Waals surface area (Å²) < 4.78 is 23.3. The van der Waals surface area contributed by atoms with E-state index in [9.17, 15) is 14.0 Å². The van der Waals surface area contributed by atoms with Gasteiger partial charge in [0.05, 0.1) is 6.54 Å². The first-order valence-electron chi connectivity index (χ1n) is 7.56. The topological polar surface area (TPSA) is 64.6 Å². The van der Waals surface area contributed by atoms with Gasteiger partial charge in [-0.1, -0.05) is 6.07 Å². The zero-order chi connectivity index (χ0) is 16.9. The number of rotatable bonds is 6. The first kappa shape index (κ1) is 16.0. The van der Waals surface area contributed by atoms with Crippen LogP contribution in [-0.4, -0.2) is 25.0 Å². The fraction of sp³-hybridized carbons (Fsp3) is 0.222. The Bertz CT molecular complexity index is 758. The Morgan fingerprint density at radius 2 is 1.79 bits per heavy atom. The first-order chi connectivity index (χ1) is 11.6. The molecule has 0 bridgehead atoms. The maximum absolute atomic E-state index is 12.8. The molecule has 2 aromatic carbocycles. The van der Waals surface area contributed by atoms with Gasteiger partial charge < -0.3 is 14.8 Å². The number of benzene rings is 2. The Hall–Kier alpha value is -2.89. The Balaban J connectivity index is 1.46. The molecule has 1 N–H and O–H groups in total. The largest absolute Gasteiger partial charge is 0.454 e. The van der Waals surface area contributed by atoms with Crippen LogP contribution in [0.2, 0.25) is 0 Å². The van der Waals surface area contributed by atoms with E-state index in [4.69, 9.17) is 9.47 Å². The molecule has 1 aliphatic heterocycles. The molecular formula is C18H16FNO4. The summed E-state index contributed by atoms with van der Waals surface area (Å²) in [5.41, 5.74) is 1.33. The van der Waals surface area contributed by atoms with Crippen LogP contribution in [0.5, 0.6) is 11.5 Å². The molecular weight excluding hydrogens is 313 g/mol. The van der Waals surface area contributed by atoms with E-state index >= 15 is 0 Å². The Morgan fingerprint density at radius 1 is 1.04 bits per heavy atom. The number of carbonyl (C=O) groups excluding carboxylic acids is 2. The summed E-state index contributed by atoms with van der Waals surface area (Å²) >= 11 is 0. The summed E-state index contributed by atoms with van der Waals surface area (Å²) in [5.74, 6) is 0.501. The third-order valence-electron chi connectivity index (χ3n) is 3.69. The summed E-state index contributed by atoms with van der Waals surface area (Å²) in [7, 11) is 0. The number of hydrogen-bond acceptors (Lipinski definition) is 4. The van der Waals surface area contributed by atoms with Crippen LogP contribution >= 0.6 is 0 Å². The average molecular weight is 329 g/mol. The second-order valence-corrected chi connectivity index (χ2v) is 5.39. The lowest BCUT2D eigenvalue weighted by atomic mass is 10.1. The fourth-order valence-electron chi connectivity index (χ4n) is 2.36. The lowest BCUT2D eigenvalue weighted by molar-refractivity contribution is -0.120. The van der Waals surface area contributed by atoms with Gasteiger partial charge in [-0.2, -0.15) is 0 Å². The van der Waals surface area contributed by atoms with Crippen molar-refractivity contribution in [1.82, 2.24) is 5.32 Å². The third-order valence-corrected chi connectivity index (χ3v) is 3.69. The smallest absolute Gasteiger partial charge is 0.231 e. The number of amides is 1. The number of hydrogen-bond donors (Lipinski definition) is 1. The quantitative estimate of drug-likeness (QED) is 0.827. The number of aryl methyl sites for hydroxylation is 1. The molecule has 0 spiro atoms. The van der Waals surface area contributed by atoms with Crippen LogP contribution in [0.1, 0.15) is 22.3 Å². The van der Waals surface area contributed by atoms with Gasteiger partial charge in [0.1, 0.15) is 5.82 Å². The van der Waals surface area contributed by atoms with Gasteiger partial charge in [0, 0.05) is 12.0 Å². The molecule has 2 aromatic rings. The van der Waals surface area contributed by atoms with Crippen LogP contribution in [0.3, 0.4) is 0 Å². The molecule has 5 nitrogen and oxygen atoms in total. The number of halogens is 1. The molecule has 0 aromatic heterocycles. The average Bonchev–Trinajstić information content (AvgIpc) is 3.06. The van der Waals surface area contributed by atoms with Crippen LogP contribution in [0, 0.1) is 5.82 Å². The van der Waals surface area contributed by atoms with Crippen molar-refractivity contribution in [3.8, 4) is 11.5 Å². The Kier molecular flexibility index (Phi) is 4.74. The van der Waals surface area contributed by atoms with Crippen LogP contribution in [-0.2, 0) is 11.2 Å².